The van der Waals surface area contributed by atoms with Crippen LogP contribution in [0.15, 0.2) is 18.2 Å². The summed E-state index contributed by atoms with van der Waals surface area (Å²) in [6.07, 6.45) is 2.14. The first-order valence-corrected chi connectivity index (χ1v) is 5.46. The van der Waals surface area contributed by atoms with Gasteiger partial charge in [0.05, 0.1) is 13.7 Å². The number of methoxy groups -OCH3 is 1. The van der Waals surface area contributed by atoms with E-state index in [1.807, 2.05) is 25.1 Å². The molecule has 0 fully saturated rings. The van der Waals surface area contributed by atoms with Gasteiger partial charge in [0.1, 0.15) is 0 Å². The Balaban J connectivity index is 0. The summed E-state index contributed by atoms with van der Waals surface area (Å²) in [4.78, 5) is 11.1. The first-order valence-electron chi connectivity index (χ1n) is 5.46. The Kier molecular flexibility index (Phi) is 12.6. The van der Waals surface area contributed by atoms with E-state index in [0.29, 0.717) is 13.0 Å². The van der Waals surface area contributed by atoms with Crippen LogP contribution in [0, 0.1) is 6.07 Å². The molecule has 0 saturated heterocycles. The third kappa shape index (κ3) is 7.68. The van der Waals surface area contributed by atoms with Gasteiger partial charge in [0.2, 0.25) is 0 Å². The summed E-state index contributed by atoms with van der Waals surface area (Å²) in [5, 5.41) is 0. The minimum absolute atomic E-state index is 0. The fraction of sp³-hybridized carbons (Fsp3) is 0.462. The first kappa shape index (κ1) is 19.7. The number of aryl methyl sites for hydroxylation is 1. The summed E-state index contributed by atoms with van der Waals surface area (Å²) >= 11 is 0. The molecule has 0 spiro atoms. The molecule has 0 aliphatic carbocycles. The minimum atomic E-state index is -0.125. The molecule has 0 atom stereocenters. The van der Waals surface area contributed by atoms with E-state index in [1.54, 1.807) is 7.11 Å². The van der Waals surface area contributed by atoms with E-state index in [4.69, 9.17) is 9.47 Å². The van der Waals surface area contributed by atoms with Crippen LogP contribution in [0.1, 0.15) is 25.3 Å². The molecule has 0 aromatic heterocycles. The van der Waals surface area contributed by atoms with Gasteiger partial charge < -0.3 is 21.9 Å². The zero-order chi connectivity index (χ0) is 11.8. The van der Waals surface area contributed by atoms with Crippen molar-refractivity contribution in [2.45, 2.75) is 26.2 Å². The molecule has 1 aromatic rings. The van der Waals surface area contributed by atoms with E-state index in [0.717, 1.165) is 24.2 Å². The molecule has 0 amide bonds. The van der Waals surface area contributed by atoms with Crippen molar-refractivity contribution in [2.75, 3.05) is 13.7 Å². The molecule has 1 aromatic carbocycles. The summed E-state index contributed by atoms with van der Waals surface area (Å²) in [6, 6.07) is 8.77. The van der Waals surface area contributed by atoms with Gasteiger partial charge in [-0.15, -0.1) is 12.1 Å². The van der Waals surface area contributed by atoms with Gasteiger partial charge in [-0.2, -0.15) is 17.7 Å². The normalized spacial score (nSPS) is 8.78. The van der Waals surface area contributed by atoms with E-state index in [9.17, 15) is 4.79 Å². The van der Waals surface area contributed by atoms with Gasteiger partial charge in [-0.25, -0.2) is 0 Å². The summed E-state index contributed by atoms with van der Waals surface area (Å²) in [5.41, 5.74) is 1.16. The van der Waals surface area contributed by atoms with Crippen molar-refractivity contribution in [2.24, 2.45) is 0 Å². The van der Waals surface area contributed by atoms with Gasteiger partial charge in [0.25, 0.3) is 0 Å². The Labute approximate surface area is 127 Å². The molecule has 18 heavy (non-hydrogen) atoms. The summed E-state index contributed by atoms with van der Waals surface area (Å²) in [5.74, 6) is 0.606. The molecule has 0 saturated carbocycles. The van der Waals surface area contributed by atoms with E-state index in [2.05, 4.69) is 6.07 Å². The maximum absolute atomic E-state index is 11.1. The zero-order valence-electron chi connectivity index (χ0n) is 10.9. The topological polar surface area (TPSA) is 35.5 Å². The quantitative estimate of drug-likeness (QED) is 0.398. The van der Waals surface area contributed by atoms with Gasteiger partial charge >= 0.3 is 25.4 Å². The predicted molar refractivity (Wildman–Crippen MR) is 61.4 cm³/mol. The van der Waals surface area contributed by atoms with Crippen LogP contribution < -0.4 is 17.1 Å². The maximum atomic E-state index is 11.1. The Morgan fingerprint density at radius 2 is 2.11 bits per heavy atom. The summed E-state index contributed by atoms with van der Waals surface area (Å²) in [7, 11) is 1.62. The molecule has 3 nitrogen and oxygen atoms in total. The standard InChI is InChI=1S/C13H17O3.ClH.Zn/c1-3-16-13(14)6-4-5-11-7-9-12(15-2)10-8-11;;/h7-9H,3-6H2,1-2H3;1H;/q-1;;+2/p-1. The number of benzene rings is 1. The molecule has 0 radical (unpaired) electrons. The monoisotopic (exact) mass is 320 g/mol. The third-order valence-corrected chi connectivity index (χ3v) is 2.22. The van der Waals surface area contributed by atoms with Gasteiger partial charge in [-0.05, 0) is 13.3 Å². The Morgan fingerprint density at radius 1 is 1.39 bits per heavy atom. The number of ether oxygens (including phenoxy) is 2. The molecule has 0 bridgehead atoms. The van der Waals surface area contributed by atoms with Crippen LogP contribution in [0.5, 0.6) is 5.75 Å². The molecule has 0 heterocycles. The number of carbonyl (C=O) groups excluding carboxylic acids is 1. The van der Waals surface area contributed by atoms with Crippen LogP contribution in [0.3, 0.4) is 0 Å². The molecule has 0 aliphatic rings. The van der Waals surface area contributed by atoms with Crippen molar-refractivity contribution in [1.82, 2.24) is 0 Å². The maximum Gasteiger partial charge on any atom is 2.00 e. The number of carbonyl (C=O) groups is 1. The zero-order valence-corrected chi connectivity index (χ0v) is 14.6. The molecule has 5 heteroatoms. The molecule has 1 rings (SSSR count). The second-order valence-electron chi connectivity index (χ2n) is 3.42. The van der Waals surface area contributed by atoms with Crippen LogP contribution in [-0.4, -0.2) is 19.7 Å². The number of hydrogen-bond acceptors (Lipinski definition) is 3. The largest absolute Gasteiger partial charge is 2.00 e. The SMILES string of the molecule is CCOC(=O)CCCc1c[c-]c(OC)cc1.[Cl-].[Zn+2]. The van der Waals surface area contributed by atoms with E-state index in [1.165, 1.54) is 0 Å². The predicted octanol–water partition coefficient (Wildman–Crippen LogP) is -0.617. The van der Waals surface area contributed by atoms with E-state index < -0.39 is 0 Å². The Morgan fingerprint density at radius 3 is 2.61 bits per heavy atom. The molecular weight excluding hydrogens is 305 g/mol. The smallest absolute Gasteiger partial charge is 1.00 e. The van der Waals surface area contributed by atoms with Crippen LogP contribution >= 0.6 is 0 Å². The van der Waals surface area contributed by atoms with Crippen molar-refractivity contribution < 1.29 is 46.2 Å². The van der Waals surface area contributed by atoms with Crippen molar-refractivity contribution in [3.63, 3.8) is 0 Å². The van der Waals surface area contributed by atoms with Crippen LogP contribution in [0.25, 0.3) is 0 Å². The molecular formula is C13H17ClO3Zn. The molecule has 0 unspecified atom stereocenters. The fourth-order valence-electron chi connectivity index (χ4n) is 1.40. The summed E-state index contributed by atoms with van der Waals surface area (Å²) in [6.45, 7) is 2.27. The van der Waals surface area contributed by atoms with Gasteiger partial charge in [-0.1, -0.05) is 6.42 Å². The van der Waals surface area contributed by atoms with Crippen molar-refractivity contribution in [3.8, 4) is 5.75 Å². The average Bonchev–Trinajstić information content (AvgIpc) is 2.30. The minimum Gasteiger partial charge on any atom is -1.00 e. The van der Waals surface area contributed by atoms with Gasteiger partial charge in [-0.3, -0.25) is 4.79 Å². The van der Waals surface area contributed by atoms with Gasteiger partial charge in [0.15, 0.2) is 0 Å². The second-order valence-corrected chi connectivity index (χ2v) is 3.42. The number of halogens is 1. The first-order chi connectivity index (χ1) is 7.76. The summed E-state index contributed by atoms with van der Waals surface area (Å²) < 4.78 is 9.86. The number of esters is 1. The van der Waals surface area contributed by atoms with Crippen LogP contribution in [-0.2, 0) is 35.4 Å². The van der Waals surface area contributed by atoms with Gasteiger partial charge in [0, 0.05) is 12.2 Å². The number of hydrogen-bond donors (Lipinski definition) is 0. The second kappa shape index (κ2) is 11.5. The molecule has 0 N–H and O–H groups in total. The molecule has 0 aliphatic heterocycles. The van der Waals surface area contributed by atoms with E-state index >= 15 is 0 Å². The van der Waals surface area contributed by atoms with Crippen molar-refractivity contribution in [1.29, 1.82) is 0 Å². The molecule has 96 valence electrons. The number of rotatable bonds is 6. The van der Waals surface area contributed by atoms with Crippen LogP contribution in [0.4, 0.5) is 0 Å². The van der Waals surface area contributed by atoms with Crippen molar-refractivity contribution >= 4 is 5.97 Å². The van der Waals surface area contributed by atoms with E-state index in [-0.39, 0.29) is 37.9 Å². The third-order valence-electron chi connectivity index (χ3n) is 2.22. The average molecular weight is 322 g/mol. The Hall–Kier alpha value is -0.597. The Bertz CT molecular complexity index is 328. The van der Waals surface area contributed by atoms with Crippen LogP contribution in [0.2, 0.25) is 0 Å². The fourth-order valence-corrected chi connectivity index (χ4v) is 1.40. The van der Waals surface area contributed by atoms with Crippen molar-refractivity contribution in [3.05, 3.63) is 29.8 Å².